The number of phenols is 1. The summed E-state index contributed by atoms with van der Waals surface area (Å²) in [6, 6.07) is 6.63. The summed E-state index contributed by atoms with van der Waals surface area (Å²) >= 11 is 0. The minimum absolute atomic E-state index is 0.0382. The van der Waals surface area contributed by atoms with Crippen LogP contribution in [0.15, 0.2) is 24.3 Å². The molecule has 0 aliphatic carbocycles. The Hall–Kier alpha value is -2.37. The van der Waals surface area contributed by atoms with Crippen molar-refractivity contribution in [2.75, 3.05) is 0 Å². The van der Waals surface area contributed by atoms with E-state index in [1.54, 1.807) is 31.2 Å². The lowest BCUT2D eigenvalue weighted by molar-refractivity contribution is 0.0689. The van der Waals surface area contributed by atoms with E-state index in [1.165, 1.54) is 4.68 Å². The number of aromatic nitrogens is 3. The Morgan fingerprint density at radius 1 is 1.35 bits per heavy atom. The number of carboxylic acids is 1. The lowest BCUT2D eigenvalue weighted by Crippen LogP contribution is -2.05. The van der Waals surface area contributed by atoms with Gasteiger partial charge in [0.1, 0.15) is 5.75 Å². The van der Waals surface area contributed by atoms with Crippen LogP contribution in [0.3, 0.4) is 0 Å². The summed E-state index contributed by atoms with van der Waals surface area (Å²) in [5, 5.41) is 25.3. The van der Waals surface area contributed by atoms with E-state index in [1.807, 2.05) is 0 Å². The Kier molecular flexibility index (Phi) is 2.78. The van der Waals surface area contributed by atoms with Crippen LogP contribution in [0.1, 0.15) is 21.7 Å². The molecule has 88 valence electrons. The third kappa shape index (κ3) is 2.25. The van der Waals surface area contributed by atoms with Gasteiger partial charge >= 0.3 is 5.97 Å². The molecule has 0 bridgehead atoms. The maximum Gasteiger partial charge on any atom is 0.358 e. The molecule has 1 aromatic carbocycles. The van der Waals surface area contributed by atoms with Crippen molar-refractivity contribution in [1.29, 1.82) is 0 Å². The van der Waals surface area contributed by atoms with Crippen molar-refractivity contribution >= 4 is 5.97 Å². The fourth-order valence-corrected chi connectivity index (χ4v) is 1.48. The Balaban J connectivity index is 2.24. The Morgan fingerprint density at radius 3 is 2.53 bits per heavy atom. The van der Waals surface area contributed by atoms with Gasteiger partial charge < -0.3 is 10.2 Å². The molecule has 0 spiro atoms. The van der Waals surface area contributed by atoms with Crippen LogP contribution >= 0.6 is 0 Å². The number of hydrogen-bond donors (Lipinski definition) is 2. The number of rotatable bonds is 3. The Labute approximate surface area is 97.1 Å². The van der Waals surface area contributed by atoms with Crippen molar-refractivity contribution in [2.45, 2.75) is 13.5 Å². The van der Waals surface area contributed by atoms with Gasteiger partial charge in [0.2, 0.25) is 0 Å². The van der Waals surface area contributed by atoms with Crippen LogP contribution in [0.25, 0.3) is 0 Å². The quantitative estimate of drug-likeness (QED) is 0.826. The maximum absolute atomic E-state index is 10.8. The van der Waals surface area contributed by atoms with Crippen LogP contribution < -0.4 is 0 Å². The fourth-order valence-electron chi connectivity index (χ4n) is 1.48. The smallest absolute Gasteiger partial charge is 0.358 e. The summed E-state index contributed by atoms with van der Waals surface area (Å²) in [5.41, 5.74) is 1.38. The minimum atomic E-state index is -1.08. The van der Waals surface area contributed by atoms with Gasteiger partial charge in [-0.2, -0.15) is 0 Å². The zero-order valence-corrected chi connectivity index (χ0v) is 9.16. The molecule has 0 amide bonds. The third-order valence-electron chi connectivity index (χ3n) is 2.45. The highest BCUT2D eigenvalue weighted by atomic mass is 16.4. The van der Waals surface area contributed by atoms with Crippen LogP contribution in [0.5, 0.6) is 5.75 Å². The van der Waals surface area contributed by atoms with Crippen molar-refractivity contribution < 1.29 is 15.0 Å². The van der Waals surface area contributed by atoms with E-state index < -0.39 is 5.97 Å². The first kappa shape index (κ1) is 11.1. The molecule has 0 atom stereocenters. The first-order valence-electron chi connectivity index (χ1n) is 4.99. The highest BCUT2D eigenvalue weighted by molar-refractivity contribution is 5.86. The van der Waals surface area contributed by atoms with Gasteiger partial charge in [0.25, 0.3) is 0 Å². The van der Waals surface area contributed by atoms with Crippen LogP contribution in [0.2, 0.25) is 0 Å². The van der Waals surface area contributed by atoms with Crippen molar-refractivity contribution in [3.63, 3.8) is 0 Å². The van der Waals surface area contributed by atoms with Crippen LogP contribution in [0.4, 0.5) is 0 Å². The van der Waals surface area contributed by atoms with Gasteiger partial charge in [-0.1, -0.05) is 17.3 Å². The molecule has 0 fully saturated rings. The van der Waals surface area contributed by atoms with E-state index >= 15 is 0 Å². The van der Waals surface area contributed by atoms with Gasteiger partial charge in [-0.25, -0.2) is 9.48 Å². The molecule has 0 aliphatic rings. The predicted octanol–water partition coefficient (Wildman–Crippen LogP) is 1.04. The summed E-state index contributed by atoms with van der Waals surface area (Å²) in [6.07, 6.45) is 0. The van der Waals surface area contributed by atoms with Gasteiger partial charge in [0.15, 0.2) is 5.69 Å². The molecule has 0 unspecified atom stereocenters. The second-order valence-corrected chi connectivity index (χ2v) is 3.65. The van der Waals surface area contributed by atoms with Crippen molar-refractivity contribution in [1.82, 2.24) is 15.0 Å². The number of hydrogen-bond acceptors (Lipinski definition) is 4. The zero-order valence-electron chi connectivity index (χ0n) is 9.16. The molecule has 0 aliphatic heterocycles. The number of carbonyl (C=O) groups is 1. The highest BCUT2D eigenvalue weighted by Crippen LogP contribution is 2.12. The number of phenolic OH excluding ortho intramolecular Hbond substituents is 1. The van der Waals surface area contributed by atoms with Gasteiger partial charge in [0, 0.05) is 0 Å². The molecule has 1 aromatic heterocycles. The Bertz CT molecular complexity index is 546. The summed E-state index contributed by atoms with van der Waals surface area (Å²) in [5.74, 6) is -0.894. The second-order valence-electron chi connectivity index (χ2n) is 3.65. The normalized spacial score (nSPS) is 10.4. The first-order valence-corrected chi connectivity index (χ1v) is 4.99. The summed E-state index contributed by atoms with van der Waals surface area (Å²) < 4.78 is 1.51. The van der Waals surface area contributed by atoms with Crippen LogP contribution in [0, 0.1) is 6.92 Å². The van der Waals surface area contributed by atoms with Gasteiger partial charge in [-0.05, 0) is 24.6 Å². The third-order valence-corrected chi connectivity index (χ3v) is 2.45. The molecule has 0 radical (unpaired) electrons. The van der Waals surface area contributed by atoms with E-state index in [2.05, 4.69) is 10.3 Å². The maximum atomic E-state index is 10.8. The fraction of sp³-hybridized carbons (Fsp3) is 0.182. The lowest BCUT2D eigenvalue weighted by Gasteiger charge is -2.03. The molecule has 17 heavy (non-hydrogen) atoms. The number of carboxylic acid groups (broad SMARTS) is 1. The standard InChI is InChI=1S/C11H11N3O3/c1-7-10(11(16)17)12-13-14(7)6-8-2-4-9(15)5-3-8/h2-5,15H,6H2,1H3,(H,16,17). The summed E-state index contributed by atoms with van der Waals surface area (Å²) in [7, 11) is 0. The number of aromatic hydroxyl groups is 1. The largest absolute Gasteiger partial charge is 0.508 e. The molecule has 0 saturated heterocycles. The molecule has 2 aromatic rings. The highest BCUT2D eigenvalue weighted by Gasteiger charge is 2.14. The van der Waals surface area contributed by atoms with Gasteiger partial charge in [-0.15, -0.1) is 5.10 Å². The summed E-state index contributed by atoms with van der Waals surface area (Å²) in [6.45, 7) is 2.08. The second kappa shape index (κ2) is 4.25. The number of aromatic carboxylic acids is 1. The average Bonchev–Trinajstić information content (AvgIpc) is 2.64. The molecule has 6 heteroatoms. The molecule has 1 heterocycles. The van der Waals surface area contributed by atoms with E-state index in [9.17, 15) is 4.79 Å². The van der Waals surface area contributed by atoms with E-state index in [0.717, 1.165) is 5.56 Å². The average molecular weight is 233 g/mol. The SMILES string of the molecule is Cc1c(C(=O)O)nnn1Cc1ccc(O)cc1. The van der Waals surface area contributed by atoms with Gasteiger partial charge in [-0.3, -0.25) is 0 Å². The van der Waals surface area contributed by atoms with E-state index in [0.29, 0.717) is 12.2 Å². The van der Waals surface area contributed by atoms with Crippen LogP contribution in [-0.2, 0) is 6.54 Å². The van der Waals surface area contributed by atoms with Crippen molar-refractivity contribution in [2.24, 2.45) is 0 Å². The zero-order chi connectivity index (χ0) is 12.4. The molecular formula is C11H11N3O3. The predicted molar refractivity (Wildman–Crippen MR) is 58.9 cm³/mol. The number of nitrogens with zero attached hydrogens (tertiary/aromatic N) is 3. The van der Waals surface area contributed by atoms with Gasteiger partial charge in [0.05, 0.1) is 12.2 Å². The molecule has 2 N–H and O–H groups in total. The van der Waals surface area contributed by atoms with E-state index in [-0.39, 0.29) is 11.4 Å². The van der Waals surface area contributed by atoms with Crippen molar-refractivity contribution in [3.05, 3.63) is 41.2 Å². The van der Waals surface area contributed by atoms with Crippen LogP contribution in [-0.4, -0.2) is 31.2 Å². The van der Waals surface area contributed by atoms with Crippen molar-refractivity contribution in [3.8, 4) is 5.75 Å². The molecule has 0 saturated carbocycles. The number of benzene rings is 1. The first-order chi connectivity index (χ1) is 8.08. The minimum Gasteiger partial charge on any atom is -0.508 e. The molecular weight excluding hydrogens is 222 g/mol. The monoisotopic (exact) mass is 233 g/mol. The van der Waals surface area contributed by atoms with E-state index in [4.69, 9.17) is 10.2 Å². The lowest BCUT2D eigenvalue weighted by atomic mass is 10.2. The summed E-state index contributed by atoms with van der Waals surface area (Å²) in [4.78, 5) is 10.8. The Morgan fingerprint density at radius 2 is 2.00 bits per heavy atom. The molecule has 2 rings (SSSR count). The molecule has 6 nitrogen and oxygen atoms in total. The topological polar surface area (TPSA) is 88.2 Å².